The molecule has 0 aliphatic carbocycles. The van der Waals surface area contributed by atoms with E-state index >= 15 is 0 Å². The van der Waals surface area contributed by atoms with Crippen molar-refractivity contribution in [2.75, 3.05) is 0 Å². The lowest BCUT2D eigenvalue weighted by molar-refractivity contribution is 0.00578. The molecule has 0 radical (unpaired) electrons. The van der Waals surface area contributed by atoms with Crippen LogP contribution in [0.5, 0.6) is 0 Å². The number of aryl methyl sites for hydroxylation is 6. The molecule has 0 bridgehead atoms. The number of nitrogens with zero attached hydrogens (tertiary/aromatic N) is 2. The first-order chi connectivity index (χ1) is 22.4. The normalized spacial score (nSPS) is 15.3. The quantitative estimate of drug-likeness (QED) is 0.153. The summed E-state index contributed by atoms with van der Waals surface area (Å²) in [5.74, 6) is -0.508. The molecule has 1 fully saturated rings. The van der Waals surface area contributed by atoms with Crippen LogP contribution in [0.25, 0.3) is 22.5 Å². The zero-order chi connectivity index (χ0) is 33.3. The molecule has 0 atom stereocenters. The lowest BCUT2D eigenvalue weighted by Crippen LogP contribution is -2.41. The number of halogens is 2. The van der Waals surface area contributed by atoms with Gasteiger partial charge in [-0.25, -0.2) is 8.78 Å². The second-order valence-electron chi connectivity index (χ2n) is 13.7. The van der Waals surface area contributed by atoms with E-state index in [9.17, 15) is 8.78 Å². The summed E-state index contributed by atoms with van der Waals surface area (Å²) in [5.41, 5.74) is 10.8. The molecule has 7 heteroatoms. The van der Waals surface area contributed by atoms with Gasteiger partial charge in [-0.3, -0.25) is 9.97 Å². The van der Waals surface area contributed by atoms with Crippen LogP contribution in [0.4, 0.5) is 8.78 Å². The van der Waals surface area contributed by atoms with Crippen molar-refractivity contribution in [2.24, 2.45) is 0 Å². The van der Waals surface area contributed by atoms with Crippen molar-refractivity contribution in [3.05, 3.63) is 136 Å². The molecule has 0 unspecified atom stereocenters. The first-order valence-electron chi connectivity index (χ1n) is 16.3. The Bertz CT molecular complexity index is 1760. The molecule has 1 saturated heterocycles. The van der Waals surface area contributed by atoms with Crippen molar-refractivity contribution >= 4 is 12.6 Å². The van der Waals surface area contributed by atoms with Crippen LogP contribution in [0.1, 0.15) is 61.1 Å². The highest BCUT2D eigenvalue weighted by Gasteiger charge is 2.51. The van der Waals surface area contributed by atoms with E-state index in [1.165, 1.54) is 46.5 Å². The number of benzene rings is 3. The smallest absolute Gasteiger partial charge is 0.399 e. The molecule has 0 spiro atoms. The lowest BCUT2D eigenvalue weighted by atomic mass is 9.76. The van der Waals surface area contributed by atoms with Gasteiger partial charge in [-0.1, -0.05) is 18.2 Å². The van der Waals surface area contributed by atoms with Crippen LogP contribution in [0.15, 0.2) is 91.3 Å². The van der Waals surface area contributed by atoms with Crippen molar-refractivity contribution in [1.29, 1.82) is 0 Å². The molecule has 0 saturated carbocycles. The highest BCUT2D eigenvalue weighted by atomic mass is 19.1. The third kappa shape index (κ3) is 7.37. The second kappa shape index (κ2) is 13.1. The lowest BCUT2D eigenvalue weighted by Gasteiger charge is -2.32. The number of hydrogen-bond acceptors (Lipinski definition) is 4. The maximum absolute atomic E-state index is 13.4. The maximum Gasteiger partial charge on any atom is 0.494 e. The second-order valence-corrected chi connectivity index (χ2v) is 13.7. The van der Waals surface area contributed by atoms with Gasteiger partial charge in [0.05, 0.1) is 22.6 Å². The van der Waals surface area contributed by atoms with Gasteiger partial charge < -0.3 is 9.31 Å². The fourth-order valence-corrected chi connectivity index (χ4v) is 6.00. The molecule has 2 aromatic heterocycles. The van der Waals surface area contributed by atoms with E-state index in [0.29, 0.717) is 0 Å². The van der Waals surface area contributed by atoms with Crippen LogP contribution in [-0.4, -0.2) is 28.3 Å². The molecular formula is C40H41BF2N2O2. The first kappa shape index (κ1) is 32.7. The van der Waals surface area contributed by atoms with Crippen LogP contribution in [-0.2, 0) is 35.0 Å². The van der Waals surface area contributed by atoms with Crippen LogP contribution >= 0.6 is 0 Å². The number of hydrogen-bond donors (Lipinski definition) is 0. The van der Waals surface area contributed by atoms with E-state index in [1.807, 2.05) is 12.4 Å². The van der Waals surface area contributed by atoms with Crippen LogP contribution < -0.4 is 5.46 Å². The van der Waals surface area contributed by atoms with Crippen molar-refractivity contribution in [3.8, 4) is 22.5 Å². The van der Waals surface area contributed by atoms with E-state index in [2.05, 4.69) is 71.9 Å². The minimum atomic E-state index is -0.449. The number of pyridine rings is 2. The fourth-order valence-electron chi connectivity index (χ4n) is 6.00. The summed E-state index contributed by atoms with van der Waals surface area (Å²) < 4.78 is 39.8. The summed E-state index contributed by atoms with van der Waals surface area (Å²) >= 11 is 0. The van der Waals surface area contributed by atoms with E-state index in [0.717, 1.165) is 64.8 Å². The van der Waals surface area contributed by atoms with Gasteiger partial charge in [-0.2, -0.15) is 0 Å². The number of aromatic nitrogens is 2. The molecule has 3 heterocycles. The Kier molecular flexibility index (Phi) is 9.15. The van der Waals surface area contributed by atoms with Gasteiger partial charge in [0.15, 0.2) is 0 Å². The Morgan fingerprint density at radius 1 is 0.574 bits per heavy atom. The molecule has 47 heavy (non-hydrogen) atoms. The van der Waals surface area contributed by atoms with Gasteiger partial charge in [-0.15, -0.1) is 0 Å². The van der Waals surface area contributed by atoms with Crippen LogP contribution in [0.2, 0.25) is 0 Å². The largest absolute Gasteiger partial charge is 0.494 e. The Morgan fingerprint density at radius 3 is 1.36 bits per heavy atom. The highest BCUT2D eigenvalue weighted by Crippen LogP contribution is 2.36. The molecule has 4 nitrogen and oxygen atoms in total. The zero-order valence-electron chi connectivity index (χ0n) is 28.0. The van der Waals surface area contributed by atoms with Gasteiger partial charge in [0.25, 0.3) is 0 Å². The van der Waals surface area contributed by atoms with Gasteiger partial charge in [0.2, 0.25) is 0 Å². The summed E-state index contributed by atoms with van der Waals surface area (Å²) in [6.07, 6.45) is 7.24. The molecule has 5 aromatic rings. The third-order valence-corrected chi connectivity index (χ3v) is 9.68. The topological polar surface area (TPSA) is 44.2 Å². The van der Waals surface area contributed by atoms with E-state index in [4.69, 9.17) is 19.3 Å². The van der Waals surface area contributed by atoms with E-state index < -0.39 is 18.3 Å². The molecule has 1 aliphatic heterocycles. The first-order valence-corrected chi connectivity index (χ1v) is 16.3. The summed E-state index contributed by atoms with van der Waals surface area (Å²) in [6, 6.07) is 23.8. The highest BCUT2D eigenvalue weighted by molar-refractivity contribution is 6.62. The molecule has 3 aromatic carbocycles. The summed E-state index contributed by atoms with van der Waals surface area (Å²) in [7, 11) is -0.449. The SMILES string of the molecule is Cc1cc(-c2ccc(F)cc2)ncc1CCc1cc(CCc2cnc(-c3ccc(F)cc3)cc2C)cc(B2OC(C)(C)C(C)(C)O2)c1. The Morgan fingerprint density at radius 2 is 0.979 bits per heavy atom. The average Bonchev–Trinajstić information content (AvgIpc) is 3.26. The predicted octanol–water partition coefficient (Wildman–Crippen LogP) is 8.58. The maximum atomic E-state index is 13.4. The van der Waals surface area contributed by atoms with Crippen LogP contribution in [0, 0.1) is 25.5 Å². The monoisotopic (exact) mass is 630 g/mol. The van der Waals surface area contributed by atoms with Crippen molar-refractivity contribution in [3.63, 3.8) is 0 Å². The Hall–Kier alpha value is -4.20. The van der Waals surface area contributed by atoms with Gasteiger partial charge in [0, 0.05) is 23.5 Å². The summed E-state index contributed by atoms with van der Waals surface area (Å²) in [4.78, 5) is 9.39. The van der Waals surface area contributed by atoms with E-state index in [1.54, 1.807) is 24.3 Å². The molecule has 240 valence electrons. The van der Waals surface area contributed by atoms with Gasteiger partial charge in [-0.05, 0) is 167 Å². The molecule has 0 amide bonds. The molecule has 6 rings (SSSR count). The van der Waals surface area contributed by atoms with Gasteiger partial charge >= 0.3 is 7.12 Å². The molecule has 0 N–H and O–H groups in total. The van der Waals surface area contributed by atoms with Crippen molar-refractivity contribution < 1.29 is 18.1 Å². The van der Waals surface area contributed by atoms with Crippen molar-refractivity contribution in [2.45, 2.75) is 78.4 Å². The summed E-state index contributed by atoms with van der Waals surface area (Å²) in [5, 5.41) is 0. The molecular weight excluding hydrogens is 589 g/mol. The number of rotatable bonds is 9. The standard InChI is InChI=1S/C40H41BF2N2O2/c1-26-19-37(30-11-15-35(42)16-12-30)44-24-32(26)9-7-28-21-29(23-34(22-28)41-46-39(3,4)40(5,6)47-41)8-10-33-25-45-38(20-27(33)2)31-13-17-36(43)18-14-31/h11-25H,7-10H2,1-6H3. The zero-order valence-corrected chi connectivity index (χ0v) is 28.0. The van der Waals surface area contributed by atoms with Crippen LogP contribution in [0.3, 0.4) is 0 Å². The Balaban J connectivity index is 1.22. The average molecular weight is 631 g/mol. The van der Waals surface area contributed by atoms with Gasteiger partial charge in [0.1, 0.15) is 11.6 Å². The summed E-state index contributed by atoms with van der Waals surface area (Å²) in [6.45, 7) is 12.5. The molecule has 1 aliphatic rings. The minimum absolute atomic E-state index is 0.254. The fraction of sp³-hybridized carbons (Fsp3) is 0.300. The van der Waals surface area contributed by atoms with Crippen molar-refractivity contribution in [1.82, 2.24) is 9.97 Å². The third-order valence-electron chi connectivity index (χ3n) is 9.68. The predicted molar refractivity (Wildman–Crippen MR) is 186 cm³/mol. The van der Waals surface area contributed by atoms with E-state index in [-0.39, 0.29) is 11.6 Å². The minimum Gasteiger partial charge on any atom is -0.399 e. The Labute approximate surface area is 277 Å².